The Morgan fingerprint density at radius 1 is 1.11 bits per heavy atom. The zero-order chi connectivity index (χ0) is 19.6. The molecule has 150 valence electrons. The van der Waals surface area contributed by atoms with Crippen LogP contribution in [0, 0.1) is 6.92 Å². The van der Waals surface area contributed by atoms with Gasteiger partial charge in [0.15, 0.2) is 0 Å². The standard InChI is InChI=1S/C19H24F2N6O/c1-14-10-23-17(11-22-14)24-16-8-15(12-26-4-6-28-7-5-26)9-18(25-16)27-3-2-19(20,21)13-27/h8-11H,2-7,12-13H2,1H3,(H,23,24,25). The van der Waals surface area contributed by atoms with Crippen LogP contribution in [0.3, 0.4) is 0 Å². The lowest BCUT2D eigenvalue weighted by molar-refractivity contribution is 0.0256. The lowest BCUT2D eigenvalue weighted by Crippen LogP contribution is -2.35. The minimum atomic E-state index is -2.67. The van der Waals surface area contributed by atoms with Gasteiger partial charge in [0.2, 0.25) is 0 Å². The molecule has 0 bridgehead atoms. The van der Waals surface area contributed by atoms with Crippen LogP contribution < -0.4 is 10.2 Å². The van der Waals surface area contributed by atoms with E-state index in [9.17, 15) is 8.78 Å². The van der Waals surface area contributed by atoms with Crippen molar-refractivity contribution in [1.82, 2.24) is 19.9 Å². The molecule has 0 radical (unpaired) electrons. The van der Waals surface area contributed by atoms with Crippen molar-refractivity contribution >= 4 is 17.5 Å². The third kappa shape index (κ3) is 4.71. The highest BCUT2D eigenvalue weighted by molar-refractivity contribution is 5.57. The van der Waals surface area contributed by atoms with Gasteiger partial charge in [-0.1, -0.05) is 0 Å². The van der Waals surface area contributed by atoms with Gasteiger partial charge >= 0.3 is 0 Å². The van der Waals surface area contributed by atoms with Crippen molar-refractivity contribution in [3.05, 3.63) is 35.8 Å². The van der Waals surface area contributed by atoms with E-state index in [1.165, 1.54) is 0 Å². The van der Waals surface area contributed by atoms with E-state index in [1.54, 1.807) is 17.3 Å². The van der Waals surface area contributed by atoms with E-state index in [0.717, 1.165) is 30.9 Å². The van der Waals surface area contributed by atoms with Gasteiger partial charge in [0.05, 0.1) is 37.8 Å². The van der Waals surface area contributed by atoms with Crippen molar-refractivity contribution in [2.75, 3.05) is 49.6 Å². The molecule has 0 saturated carbocycles. The highest BCUT2D eigenvalue weighted by Gasteiger charge is 2.38. The summed E-state index contributed by atoms with van der Waals surface area (Å²) in [7, 11) is 0. The molecule has 0 atom stereocenters. The third-order valence-corrected chi connectivity index (χ3v) is 4.91. The van der Waals surface area contributed by atoms with Crippen LogP contribution in [0.5, 0.6) is 0 Å². The van der Waals surface area contributed by atoms with Crippen molar-refractivity contribution in [2.45, 2.75) is 25.8 Å². The van der Waals surface area contributed by atoms with E-state index >= 15 is 0 Å². The second-order valence-electron chi connectivity index (χ2n) is 7.30. The zero-order valence-corrected chi connectivity index (χ0v) is 15.9. The number of nitrogens with zero attached hydrogens (tertiary/aromatic N) is 5. The second-order valence-corrected chi connectivity index (χ2v) is 7.30. The van der Waals surface area contributed by atoms with E-state index < -0.39 is 5.92 Å². The molecule has 2 aromatic heterocycles. The Labute approximate surface area is 162 Å². The molecule has 2 aliphatic heterocycles. The summed E-state index contributed by atoms with van der Waals surface area (Å²) in [5.74, 6) is -0.961. The van der Waals surface area contributed by atoms with Gasteiger partial charge in [-0.3, -0.25) is 9.88 Å². The van der Waals surface area contributed by atoms with Crippen molar-refractivity contribution in [2.24, 2.45) is 0 Å². The summed E-state index contributed by atoms with van der Waals surface area (Å²) in [5.41, 5.74) is 1.84. The summed E-state index contributed by atoms with van der Waals surface area (Å²) in [6, 6.07) is 3.84. The predicted molar refractivity (Wildman–Crippen MR) is 102 cm³/mol. The number of ether oxygens (including phenoxy) is 1. The molecule has 0 amide bonds. The number of aromatic nitrogens is 3. The molecular formula is C19H24F2N6O. The van der Waals surface area contributed by atoms with Crippen LogP contribution in [-0.2, 0) is 11.3 Å². The minimum absolute atomic E-state index is 0.144. The molecule has 0 aromatic carbocycles. The molecular weight excluding hydrogens is 366 g/mol. The van der Waals surface area contributed by atoms with Crippen LogP contribution in [0.4, 0.5) is 26.2 Å². The van der Waals surface area contributed by atoms with Gasteiger partial charge < -0.3 is 15.0 Å². The fraction of sp³-hybridized carbons (Fsp3) is 0.526. The number of rotatable bonds is 5. The lowest BCUT2D eigenvalue weighted by atomic mass is 10.2. The van der Waals surface area contributed by atoms with E-state index in [4.69, 9.17) is 4.74 Å². The smallest absolute Gasteiger partial charge is 0.266 e. The normalized spacial score (nSPS) is 19.8. The summed E-state index contributed by atoms with van der Waals surface area (Å²) >= 11 is 0. The Morgan fingerprint density at radius 2 is 1.93 bits per heavy atom. The summed E-state index contributed by atoms with van der Waals surface area (Å²) in [4.78, 5) is 17.0. The largest absolute Gasteiger partial charge is 0.379 e. The fourth-order valence-electron chi connectivity index (χ4n) is 3.43. The molecule has 0 unspecified atom stereocenters. The number of anilines is 3. The van der Waals surface area contributed by atoms with Crippen LogP contribution in [0.2, 0.25) is 0 Å². The van der Waals surface area contributed by atoms with E-state index in [1.807, 2.05) is 19.1 Å². The maximum absolute atomic E-state index is 13.7. The summed E-state index contributed by atoms with van der Waals surface area (Å²) in [5, 5.41) is 3.15. The lowest BCUT2D eigenvalue weighted by Gasteiger charge is -2.27. The second kappa shape index (κ2) is 7.92. The number of morpholine rings is 1. The van der Waals surface area contributed by atoms with E-state index in [0.29, 0.717) is 37.2 Å². The number of pyridine rings is 1. The maximum atomic E-state index is 13.7. The number of aryl methyl sites for hydroxylation is 1. The molecule has 2 aliphatic rings. The first-order valence-corrected chi connectivity index (χ1v) is 9.46. The minimum Gasteiger partial charge on any atom is -0.379 e. The highest BCUT2D eigenvalue weighted by Crippen LogP contribution is 2.31. The first-order chi connectivity index (χ1) is 13.5. The molecule has 0 aliphatic carbocycles. The quantitative estimate of drug-likeness (QED) is 0.842. The van der Waals surface area contributed by atoms with Crippen molar-refractivity contribution in [1.29, 1.82) is 0 Å². The Bertz CT molecular complexity index is 811. The summed E-state index contributed by atoms with van der Waals surface area (Å²) < 4.78 is 32.8. The Hall–Kier alpha value is -2.39. The summed E-state index contributed by atoms with van der Waals surface area (Å²) in [6.45, 7) is 5.70. The maximum Gasteiger partial charge on any atom is 0.266 e. The number of hydrogen-bond donors (Lipinski definition) is 1. The highest BCUT2D eigenvalue weighted by atomic mass is 19.3. The van der Waals surface area contributed by atoms with Crippen molar-refractivity contribution in [3.63, 3.8) is 0 Å². The number of hydrogen-bond acceptors (Lipinski definition) is 7. The van der Waals surface area contributed by atoms with Gasteiger partial charge in [0.1, 0.15) is 17.5 Å². The van der Waals surface area contributed by atoms with Gasteiger partial charge in [0.25, 0.3) is 5.92 Å². The monoisotopic (exact) mass is 390 g/mol. The van der Waals surface area contributed by atoms with Crippen LogP contribution in [0.15, 0.2) is 24.5 Å². The van der Waals surface area contributed by atoms with Gasteiger partial charge in [-0.25, -0.2) is 18.7 Å². The predicted octanol–water partition coefficient (Wildman–Crippen LogP) is 2.60. The SMILES string of the molecule is Cc1cnc(Nc2cc(CN3CCOCC3)cc(N3CCC(F)(F)C3)n2)cn1. The van der Waals surface area contributed by atoms with E-state index in [-0.39, 0.29) is 13.0 Å². The molecule has 4 rings (SSSR count). The summed E-state index contributed by atoms with van der Waals surface area (Å²) in [6.07, 6.45) is 3.16. The molecule has 2 saturated heterocycles. The van der Waals surface area contributed by atoms with E-state index in [2.05, 4.69) is 25.2 Å². The molecule has 4 heterocycles. The molecule has 9 heteroatoms. The average molecular weight is 390 g/mol. The van der Waals surface area contributed by atoms with Crippen LogP contribution in [0.1, 0.15) is 17.7 Å². The first kappa shape index (κ1) is 18.9. The van der Waals surface area contributed by atoms with Crippen molar-refractivity contribution in [3.8, 4) is 0 Å². The van der Waals surface area contributed by atoms with Crippen LogP contribution in [-0.4, -0.2) is 65.2 Å². The van der Waals surface area contributed by atoms with Crippen molar-refractivity contribution < 1.29 is 13.5 Å². The van der Waals surface area contributed by atoms with Gasteiger partial charge in [-0.05, 0) is 24.6 Å². The molecule has 2 fully saturated rings. The number of alkyl halides is 2. The topological polar surface area (TPSA) is 66.4 Å². The van der Waals surface area contributed by atoms with Gasteiger partial charge in [-0.15, -0.1) is 0 Å². The molecule has 2 aromatic rings. The third-order valence-electron chi connectivity index (χ3n) is 4.91. The van der Waals surface area contributed by atoms with Crippen LogP contribution in [0.25, 0.3) is 0 Å². The van der Waals surface area contributed by atoms with Crippen LogP contribution >= 0.6 is 0 Å². The molecule has 7 nitrogen and oxygen atoms in total. The van der Waals surface area contributed by atoms with Gasteiger partial charge in [-0.2, -0.15) is 0 Å². The number of halogens is 2. The molecule has 1 N–H and O–H groups in total. The fourth-order valence-corrected chi connectivity index (χ4v) is 3.43. The Kier molecular flexibility index (Phi) is 5.36. The molecule has 28 heavy (non-hydrogen) atoms. The Balaban J connectivity index is 1.59. The number of nitrogens with one attached hydrogen (secondary N) is 1. The molecule has 0 spiro atoms. The van der Waals surface area contributed by atoms with Gasteiger partial charge in [0, 0.05) is 32.6 Å². The average Bonchev–Trinajstić information content (AvgIpc) is 3.04. The first-order valence-electron chi connectivity index (χ1n) is 9.46. The Morgan fingerprint density at radius 3 is 2.61 bits per heavy atom. The zero-order valence-electron chi connectivity index (χ0n) is 15.9.